The molecule has 2 fully saturated rings. The van der Waals surface area contributed by atoms with Crippen LogP contribution >= 0.6 is 0 Å². The Morgan fingerprint density at radius 3 is 2.28 bits per heavy atom. The molecule has 0 aromatic heterocycles. The fraction of sp³-hybridized carbons (Fsp3) is 1.00. The van der Waals surface area contributed by atoms with Crippen LogP contribution in [-0.2, 0) is 0 Å². The quantitative estimate of drug-likeness (QED) is 0.770. The summed E-state index contributed by atoms with van der Waals surface area (Å²) in [6.45, 7) is 7.20. The lowest BCUT2D eigenvalue weighted by Crippen LogP contribution is -2.44. The molecule has 1 heteroatoms. The third kappa shape index (κ3) is 3.29. The molecule has 0 bridgehead atoms. The third-order valence-corrected chi connectivity index (χ3v) is 5.91. The van der Waals surface area contributed by atoms with Gasteiger partial charge in [-0.15, -0.1) is 0 Å². The van der Waals surface area contributed by atoms with Crippen molar-refractivity contribution >= 4 is 0 Å². The average Bonchev–Trinajstić information content (AvgIpc) is 2.38. The van der Waals surface area contributed by atoms with Gasteiger partial charge in [-0.1, -0.05) is 46.5 Å². The Morgan fingerprint density at radius 2 is 1.67 bits per heavy atom. The molecule has 2 aliphatic carbocycles. The monoisotopic (exact) mass is 251 g/mol. The van der Waals surface area contributed by atoms with Gasteiger partial charge in [-0.3, -0.25) is 0 Å². The predicted molar refractivity (Wildman–Crippen MR) is 79.5 cm³/mol. The minimum atomic E-state index is 0.492. The van der Waals surface area contributed by atoms with Gasteiger partial charge in [0.25, 0.3) is 0 Å². The maximum Gasteiger partial charge on any atom is 0.00982 e. The van der Waals surface area contributed by atoms with Crippen LogP contribution in [0.1, 0.15) is 78.6 Å². The van der Waals surface area contributed by atoms with E-state index in [2.05, 4.69) is 20.8 Å². The van der Waals surface area contributed by atoms with E-state index in [1.165, 1.54) is 57.8 Å². The van der Waals surface area contributed by atoms with E-state index in [4.69, 9.17) is 5.73 Å². The van der Waals surface area contributed by atoms with E-state index in [1.54, 1.807) is 0 Å². The molecular weight excluding hydrogens is 218 g/mol. The highest BCUT2D eigenvalue weighted by Crippen LogP contribution is 2.43. The van der Waals surface area contributed by atoms with Crippen LogP contribution in [0.2, 0.25) is 0 Å². The molecule has 0 aliphatic heterocycles. The van der Waals surface area contributed by atoms with Gasteiger partial charge in [-0.25, -0.2) is 0 Å². The summed E-state index contributed by atoms with van der Waals surface area (Å²) < 4.78 is 0. The van der Waals surface area contributed by atoms with Crippen LogP contribution in [0.4, 0.5) is 0 Å². The van der Waals surface area contributed by atoms with E-state index in [9.17, 15) is 0 Å². The summed E-state index contributed by atoms with van der Waals surface area (Å²) in [7, 11) is 0. The molecule has 106 valence electrons. The van der Waals surface area contributed by atoms with Crippen LogP contribution in [0, 0.1) is 23.2 Å². The number of rotatable bonds is 3. The van der Waals surface area contributed by atoms with Crippen molar-refractivity contribution in [3.63, 3.8) is 0 Å². The first-order valence-corrected chi connectivity index (χ1v) is 8.29. The summed E-state index contributed by atoms with van der Waals surface area (Å²) in [5.74, 6) is 2.56. The topological polar surface area (TPSA) is 26.0 Å². The summed E-state index contributed by atoms with van der Waals surface area (Å²) in [6, 6.07) is 0.492. The minimum absolute atomic E-state index is 0.492. The van der Waals surface area contributed by atoms with Crippen molar-refractivity contribution in [3.8, 4) is 0 Å². The van der Waals surface area contributed by atoms with Gasteiger partial charge < -0.3 is 5.73 Å². The summed E-state index contributed by atoms with van der Waals surface area (Å²) in [6.07, 6.45) is 12.6. The van der Waals surface area contributed by atoms with E-state index < -0.39 is 0 Å². The Balaban J connectivity index is 1.92. The van der Waals surface area contributed by atoms with E-state index >= 15 is 0 Å². The molecule has 0 amide bonds. The standard InChI is InChI=1S/C17H33N/c1-4-13-7-5-6-8-15(13)16(18)14-9-11-17(2,3)12-10-14/h13-16H,4-12,18H2,1-3H3. The van der Waals surface area contributed by atoms with Crippen molar-refractivity contribution in [1.82, 2.24) is 0 Å². The van der Waals surface area contributed by atoms with Crippen molar-refractivity contribution < 1.29 is 0 Å². The molecule has 3 atom stereocenters. The largest absolute Gasteiger partial charge is 0.327 e. The first-order valence-electron chi connectivity index (χ1n) is 8.29. The summed E-state index contributed by atoms with van der Waals surface area (Å²) in [4.78, 5) is 0. The lowest BCUT2D eigenvalue weighted by molar-refractivity contribution is 0.110. The summed E-state index contributed by atoms with van der Waals surface area (Å²) in [5.41, 5.74) is 7.25. The lowest BCUT2D eigenvalue weighted by atomic mass is 9.65. The molecule has 2 aliphatic rings. The van der Waals surface area contributed by atoms with Gasteiger partial charge >= 0.3 is 0 Å². The lowest BCUT2D eigenvalue weighted by Gasteiger charge is -2.43. The normalized spacial score (nSPS) is 35.3. The van der Waals surface area contributed by atoms with Crippen LogP contribution in [-0.4, -0.2) is 6.04 Å². The molecule has 0 radical (unpaired) electrons. The summed E-state index contributed by atoms with van der Waals surface area (Å²) in [5, 5.41) is 0. The molecule has 2 saturated carbocycles. The molecule has 2 N–H and O–H groups in total. The molecule has 0 saturated heterocycles. The van der Waals surface area contributed by atoms with Gasteiger partial charge in [-0.05, 0) is 55.3 Å². The van der Waals surface area contributed by atoms with Crippen molar-refractivity contribution in [2.45, 2.75) is 84.6 Å². The smallest absolute Gasteiger partial charge is 0.00982 e. The first-order chi connectivity index (χ1) is 8.53. The van der Waals surface area contributed by atoms with Gasteiger partial charge in [0.05, 0.1) is 0 Å². The minimum Gasteiger partial charge on any atom is -0.327 e. The first kappa shape index (κ1) is 14.4. The molecule has 0 aromatic rings. The van der Waals surface area contributed by atoms with Crippen LogP contribution in [0.3, 0.4) is 0 Å². The van der Waals surface area contributed by atoms with E-state index in [0.29, 0.717) is 11.5 Å². The second-order valence-corrected chi connectivity index (χ2v) is 7.70. The highest BCUT2D eigenvalue weighted by atomic mass is 14.7. The van der Waals surface area contributed by atoms with E-state index in [-0.39, 0.29) is 0 Å². The highest BCUT2D eigenvalue weighted by Gasteiger charge is 2.36. The second-order valence-electron chi connectivity index (χ2n) is 7.70. The van der Waals surface area contributed by atoms with E-state index in [0.717, 1.165) is 17.8 Å². The average molecular weight is 251 g/mol. The SMILES string of the molecule is CCC1CCCCC1C(N)C1CCC(C)(C)CC1. The molecule has 1 nitrogen and oxygen atoms in total. The zero-order valence-corrected chi connectivity index (χ0v) is 12.8. The molecular formula is C17H33N. The number of nitrogens with two attached hydrogens (primary N) is 1. The van der Waals surface area contributed by atoms with Gasteiger partial charge in [0.15, 0.2) is 0 Å². The van der Waals surface area contributed by atoms with Crippen molar-refractivity contribution in [3.05, 3.63) is 0 Å². The Bertz CT molecular complexity index is 248. The van der Waals surface area contributed by atoms with Gasteiger partial charge in [0.1, 0.15) is 0 Å². The van der Waals surface area contributed by atoms with Gasteiger partial charge in [-0.2, -0.15) is 0 Å². The zero-order chi connectivity index (χ0) is 13.2. The van der Waals surface area contributed by atoms with Crippen LogP contribution in [0.15, 0.2) is 0 Å². The van der Waals surface area contributed by atoms with Crippen molar-refractivity contribution in [2.24, 2.45) is 28.9 Å². The molecule has 0 aromatic carbocycles. The maximum atomic E-state index is 6.68. The van der Waals surface area contributed by atoms with Crippen LogP contribution in [0.25, 0.3) is 0 Å². The predicted octanol–water partition coefficient (Wildman–Crippen LogP) is 4.75. The Hall–Kier alpha value is -0.0400. The molecule has 2 rings (SSSR count). The third-order valence-electron chi connectivity index (χ3n) is 5.91. The zero-order valence-electron chi connectivity index (χ0n) is 12.8. The van der Waals surface area contributed by atoms with Gasteiger partial charge in [0.2, 0.25) is 0 Å². The maximum absolute atomic E-state index is 6.68. The molecule has 0 spiro atoms. The van der Waals surface area contributed by atoms with Crippen LogP contribution < -0.4 is 5.73 Å². The van der Waals surface area contributed by atoms with Crippen LogP contribution in [0.5, 0.6) is 0 Å². The molecule has 18 heavy (non-hydrogen) atoms. The fourth-order valence-electron chi connectivity index (χ4n) is 4.41. The Labute approximate surface area is 114 Å². The molecule has 3 unspecified atom stereocenters. The van der Waals surface area contributed by atoms with E-state index in [1.807, 2.05) is 0 Å². The fourth-order valence-corrected chi connectivity index (χ4v) is 4.41. The molecule has 0 heterocycles. The Kier molecular flexibility index (Phi) is 4.75. The number of hydrogen-bond acceptors (Lipinski definition) is 1. The van der Waals surface area contributed by atoms with Gasteiger partial charge in [0, 0.05) is 6.04 Å². The summed E-state index contributed by atoms with van der Waals surface area (Å²) >= 11 is 0. The number of hydrogen-bond donors (Lipinski definition) is 1. The highest BCUT2D eigenvalue weighted by molar-refractivity contribution is 4.90. The van der Waals surface area contributed by atoms with Crippen molar-refractivity contribution in [1.29, 1.82) is 0 Å². The Morgan fingerprint density at radius 1 is 1.06 bits per heavy atom. The van der Waals surface area contributed by atoms with Crippen molar-refractivity contribution in [2.75, 3.05) is 0 Å². The second kappa shape index (κ2) is 5.94.